The molecule has 1 aromatic rings. The second-order valence-corrected chi connectivity index (χ2v) is 8.36. The summed E-state index contributed by atoms with van der Waals surface area (Å²) >= 11 is 0. The summed E-state index contributed by atoms with van der Waals surface area (Å²) in [5.74, 6) is 5.50. The van der Waals surface area contributed by atoms with Crippen LogP contribution in [0.15, 0.2) is 18.2 Å². The first-order valence-electron chi connectivity index (χ1n) is 7.24. The molecule has 118 valence electrons. The lowest BCUT2D eigenvalue weighted by molar-refractivity contribution is 0.274. The van der Waals surface area contributed by atoms with Crippen LogP contribution in [0.3, 0.4) is 0 Å². The van der Waals surface area contributed by atoms with E-state index in [9.17, 15) is 12.8 Å². The molecule has 0 aliphatic heterocycles. The fourth-order valence-electron chi connectivity index (χ4n) is 3.18. The van der Waals surface area contributed by atoms with Gasteiger partial charge in [0.25, 0.3) is 0 Å². The molecule has 6 heteroatoms. The van der Waals surface area contributed by atoms with Crippen LogP contribution < -0.4 is 11.3 Å². The van der Waals surface area contributed by atoms with Crippen LogP contribution in [-0.2, 0) is 9.84 Å². The number of nitrogens with one attached hydrogen (secondary N) is 1. The van der Waals surface area contributed by atoms with Crippen molar-refractivity contribution >= 4 is 9.84 Å². The molecule has 0 amide bonds. The number of nitrogens with two attached hydrogens (primary N) is 1. The first-order valence-corrected chi connectivity index (χ1v) is 9.19. The number of rotatable bonds is 4. The highest BCUT2D eigenvalue weighted by atomic mass is 32.2. The monoisotopic (exact) mass is 314 g/mol. The molecule has 1 aliphatic carbocycles. The summed E-state index contributed by atoms with van der Waals surface area (Å²) in [6, 6.07) is 4.85. The largest absolute Gasteiger partial charge is 0.271 e. The van der Waals surface area contributed by atoms with Gasteiger partial charge in [-0.3, -0.25) is 11.3 Å². The molecule has 0 saturated heterocycles. The summed E-state index contributed by atoms with van der Waals surface area (Å²) in [4.78, 5) is 0. The molecule has 3 N–H and O–H groups in total. The average molecular weight is 314 g/mol. The molecule has 2 rings (SSSR count). The Morgan fingerprint density at radius 1 is 1.38 bits per heavy atom. The Hall–Kier alpha value is -0.980. The van der Waals surface area contributed by atoms with Crippen molar-refractivity contribution in [3.63, 3.8) is 0 Å². The van der Waals surface area contributed by atoms with Crippen molar-refractivity contribution in [2.24, 2.45) is 11.8 Å². The van der Waals surface area contributed by atoms with Crippen molar-refractivity contribution in [1.29, 1.82) is 0 Å². The molecule has 1 aromatic carbocycles. The van der Waals surface area contributed by atoms with Crippen LogP contribution in [-0.4, -0.2) is 19.9 Å². The highest BCUT2D eigenvalue weighted by Gasteiger charge is 2.33. The molecule has 1 saturated carbocycles. The van der Waals surface area contributed by atoms with Crippen LogP contribution in [0.2, 0.25) is 0 Å². The van der Waals surface area contributed by atoms with Crippen LogP contribution in [0.5, 0.6) is 0 Å². The maximum Gasteiger partial charge on any atom is 0.150 e. The zero-order valence-corrected chi connectivity index (χ0v) is 13.3. The molecule has 4 nitrogen and oxygen atoms in total. The smallest absolute Gasteiger partial charge is 0.150 e. The zero-order valence-electron chi connectivity index (χ0n) is 12.5. The lowest BCUT2D eigenvalue weighted by Gasteiger charge is -2.33. The van der Waals surface area contributed by atoms with Gasteiger partial charge in [-0.15, -0.1) is 0 Å². The van der Waals surface area contributed by atoms with Gasteiger partial charge in [0.2, 0.25) is 0 Å². The molecule has 0 radical (unpaired) electrons. The lowest BCUT2D eigenvalue weighted by atomic mass is 9.81. The van der Waals surface area contributed by atoms with E-state index in [0.717, 1.165) is 18.4 Å². The zero-order chi connectivity index (χ0) is 15.6. The van der Waals surface area contributed by atoms with Crippen LogP contribution in [0.4, 0.5) is 4.39 Å². The molecular formula is C15H23FN2O2S. The van der Waals surface area contributed by atoms with E-state index in [2.05, 4.69) is 5.43 Å². The van der Waals surface area contributed by atoms with Gasteiger partial charge in [0.15, 0.2) is 0 Å². The number of hydrogen-bond acceptors (Lipinski definition) is 4. The Balaban J connectivity index is 2.22. The van der Waals surface area contributed by atoms with Crippen molar-refractivity contribution in [1.82, 2.24) is 5.43 Å². The Morgan fingerprint density at radius 2 is 2.10 bits per heavy atom. The van der Waals surface area contributed by atoms with Crippen LogP contribution in [0, 0.1) is 18.7 Å². The molecule has 3 atom stereocenters. The summed E-state index contributed by atoms with van der Waals surface area (Å²) < 4.78 is 37.3. The standard InChI is InChI=1S/C15H23FN2O2S/c1-10-6-7-12(9-14(10)16)15(18-17)11-4-3-5-13(8-11)21(2,19)20/h6-7,9,11,13,15,18H,3-5,8,17H2,1-2H3. The van der Waals surface area contributed by atoms with E-state index < -0.39 is 9.84 Å². The Labute approximate surface area is 125 Å². The van der Waals surface area contributed by atoms with Gasteiger partial charge in [-0.25, -0.2) is 12.8 Å². The van der Waals surface area contributed by atoms with Gasteiger partial charge in [0, 0.05) is 12.3 Å². The van der Waals surface area contributed by atoms with Crippen LogP contribution in [0.1, 0.15) is 42.9 Å². The van der Waals surface area contributed by atoms with Crippen molar-refractivity contribution in [3.05, 3.63) is 35.1 Å². The summed E-state index contributed by atoms with van der Waals surface area (Å²) in [7, 11) is -3.04. The van der Waals surface area contributed by atoms with E-state index in [-0.39, 0.29) is 23.0 Å². The van der Waals surface area contributed by atoms with Crippen molar-refractivity contribution in [2.75, 3.05) is 6.26 Å². The van der Waals surface area contributed by atoms with Gasteiger partial charge in [-0.05, 0) is 49.3 Å². The number of benzene rings is 1. The first kappa shape index (κ1) is 16.4. The summed E-state index contributed by atoms with van der Waals surface area (Å²) in [5.41, 5.74) is 4.11. The van der Waals surface area contributed by atoms with Gasteiger partial charge in [-0.2, -0.15) is 0 Å². The van der Waals surface area contributed by atoms with E-state index >= 15 is 0 Å². The lowest BCUT2D eigenvalue weighted by Crippen LogP contribution is -2.38. The maximum atomic E-state index is 13.7. The quantitative estimate of drug-likeness (QED) is 0.660. The molecule has 21 heavy (non-hydrogen) atoms. The fourth-order valence-corrected chi connectivity index (χ4v) is 4.37. The number of halogens is 1. The minimum atomic E-state index is -3.04. The minimum absolute atomic E-state index is 0.102. The number of sulfone groups is 1. The van der Waals surface area contributed by atoms with E-state index in [1.165, 1.54) is 12.3 Å². The fraction of sp³-hybridized carbons (Fsp3) is 0.600. The third-order valence-electron chi connectivity index (χ3n) is 4.48. The molecule has 0 bridgehead atoms. The Kier molecular flexibility index (Phi) is 5.01. The van der Waals surface area contributed by atoms with E-state index in [1.807, 2.05) is 6.07 Å². The number of aryl methyl sites for hydroxylation is 1. The molecule has 3 unspecified atom stereocenters. The topological polar surface area (TPSA) is 72.2 Å². The first-order chi connectivity index (χ1) is 9.82. The SMILES string of the molecule is Cc1ccc(C(NN)C2CCCC(S(C)(=O)=O)C2)cc1F. The molecular weight excluding hydrogens is 291 g/mol. The van der Waals surface area contributed by atoms with Gasteiger partial charge < -0.3 is 0 Å². The normalized spacial score (nSPS) is 24.8. The summed E-state index contributed by atoms with van der Waals surface area (Å²) in [5, 5.41) is -0.317. The summed E-state index contributed by atoms with van der Waals surface area (Å²) in [6.45, 7) is 1.71. The van der Waals surface area contributed by atoms with E-state index in [1.54, 1.807) is 13.0 Å². The predicted molar refractivity (Wildman–Crippen MR) is 81.8 cm³/mol. The number of hydrazine groups is 1. The summed E-state index contributed by atoms with van der Waals surface area (Å²) in [6.07, 6.45) is 4.32. The van der Waals surface area contributed by atoms with Crippen LogP contribution >= 0.6 is 0 Å². The Bertz CT molecular complexity index is 604. The molecule has 1 fully saturated rings. The third-order valence-corrected chi connectivity index (χ3v) is 6.12. The second kappa shape index (κ2) is 6.42. The number of hydrogen-bond donors (Lipinski definition) is 2. The minimum Gasteiger partial charge on any atom is -0.271 e. The Morgan fingerprint density at radius 3 is 2.67 bits per heavy atom. The van der Waals surface area contributed by atoms with E-state index in [0.29, 0.717) is 18.4 Å². The highest BCUT2D eigenvalue weighted by molar-refractivity contribution is 7.91. The van der Waals surface area contributed by atoms with Gasteiger partial charge in [0.05, 0.1) is 5.25 Å². The molecule has 1 aliphatic rings. The second-order valence-electron chi connectivity index (χ2n) is 6.03. The van der Waals surface area contributed by atoms with Crippen molar-refractivity contribution in [3.8, 4) is 0 Å². The highest BCUT2D eigenvalue weighted by Crippen LogP contribution is 2.36. The molecule has 0 spiro atoms. The third kappa shape index (κ3) is 3.81. The van der Waals surface area contributed by atoms with E-state index in [4.69, 9.17) is 5.84 Å². The van der Waals surface area contributed by atoms with Crippen molar-refractivity contribution in [2.45, 2.75) is 43.9 Å². The average Bonchev–Trinajstić information content (AvgIpc) is 2.43. The molecule has 0 aromatic heterocycles. The molecule has 0 heterocycles. The van der Waals surface area contributed by atoms with Gasteiger partial charge >= 0.3 is 0 Å². The van der Waals surface area contributed by atoms with Crippen molar-refractivity contribution < 1.29 is 12.8 Å². The maximum absolute atomic E-state index is 13.7. The van der Waals surface area contributed by atoms with Gasteiger partial charge in [-0.1, -0.05) is 18.6 Å². The van der Waals surface area contributed by atoms with Crippen LogP contribution in [0.25, 0.3) is 0 Å². The predicted octanol–water partition coefficient (Wildman–Crippen LogP) is 2.24. The van der Waals surface area contributed by atoms with Gasteiger partial charge in [0.1, 0.15) is 15.7 Å².